The number of amidine groups is 2. The number of hydrogen-bond donors (Lipinski definition) is 1. The number of nitro benzene ring substituents is 1. The van der Waals surface area contributed by atoms with E-state index in [1.165, 1.54) is 35.0 Å². The van der Waals surface area contributed by atoms with Crippen LogP contribution >= 0.6 is 23.4 Å². The first kappa shape index (κ1) is 19.1. The molecule has 1 N–H and O–H groups in total. The molecule has 29 heavy (non-hydrogen) atoms. The monoisotopic (exact) mass is 428 g/mol. The van der Waals surface area contributed by atoms with Crippen LogP contribution in [0.15, 0.2) is 52.2 Å². The summed E-state index contributed by atoms with van der Waals surface area (Å²) in [5.41, 5.74) is 0.918. The Bertz CT molecular complexity index is 1170. The van der Waals surface area contributed by atoms with Gasteiger partial charge in [-0.25, -0.2) is 0 Å². The number of amides is 1. The molecule has 0 saturated heterocycles. The van der Waals surface area contributed by atoms with Gasteiger partial charge in [0.15, 0.2) is 5.84 Å². The normalized spacial score (nSPS) is 17.4. The summed E-state index contributed by atoms with van der Waals surface area (Å²) in [7, 11) is 0. The predicted molar refractivity (Wildman–Crippen MR) is 113 cm³/mol. The number of nitrogens with one attached hydrogen (secondary N) is 1. The van der Waals surface area contributed by atoms with Crippen LogP contribution in [0.1, 0.15) is 19.0 Å². The van der Waals surface area contributed by atoms with Gasteiger partial charge in [-0.1, -0.05) is 18.5 Å². The molecular weight excluding hydrogens is 416 g/mol. The molecule has 0 bridgehead atoms. The molecule has 9 nitrogen and oxygen atoms in total. The summed E-state index contributed by atoms with van der Waals surface area (Å²) in [5.74, 6) is -0.595. The van der Waals surface area contributed by atoms with E-state index in [-0.39, 0.29) is 22.1 Å². The summed E-state index contributed by atoms with van der Waals surface area (Å²) in [6, 6.07) is 7.89. The van der Waals surface area contributed by atoms with E-state index in [1.54, 1.807) is 29.0 Å². The first-order valence-electron chi connectivity index (χ1n) is 8.49. The Hall–Kier alpha value is -3.24. The van der Waals surface area contributed by atoms with Gasteiger partial charge in [-0.15, -0.1) is 0 Å². The van der Waals surface area contributed by atoms with Gasteiger partial charge >= 0.3 is 0 Å². The summed E-state index contributed by atoms with van der Waals surface area (Å²) in [5, 5.41) is 26.4. The van der Waals surface area contributed by atoms with E-state index < -0.39 is 10.8 Å². The van der Waals surface area contributed by atoms with E-state index in [0.29, 0.717) is 23.0 Å². The lowest BCUT2D eigenvalue weighted by molar-refractivity contribution is -0.384. The lowest BCUT2D eigenvalue weighted by Crippen LogP contribution is -2.35. The van der Waals surface area contributed by atoms with Crippen molar-refractivity contribution in [2.24, 2.45) is 10.1 Å². The van der Waals surface area contributed by atoms with E-state index in [9.17, 15) is 14.9 Å². The van der Waals surface area contributed by atoms with Crippen LogP contribution in [0, 0.1) is 15.5 Å². The minimum atomic E-state index is -0.557. The number of aromatic nitrogens is 1. The highest BCUT2D eigenvalue weighted by Gasteiger charge is 2.35. The van der Waals surface area contributed by atoms with E-state index in [4.69, 9.17) is 17.0 Å². The number of hydrogen-bond acceptors (Lipinski definition) is 6. The van der Waals surface area contributed by atoms with Crippen molar-refractivity contribution in [2.45, 2.75) is 13.3 Å². The standard InChI is InChI=1S/C18H13ClN6O3S/c1-2-15-22-24-16(20)12(17(26)21-18(24)29-15)8-10-4-3-7-23(10)11-5-6-13(19)14(9-11)25(27)28/h3-9,20H,2H2,1H3/b12-8-,20-16?. The van der Waals surface area contributed by atoms with Crippen molar-refractivity contribution in [1.82, 2.24) is 9.58 Å². The van der Waals surface area contributed by atoms with Gasteiger partial charge in [0.2, 0.25) is 5.17 Å². The summed E-state index contributed by atoms with van der Waals surface area (Å²) in [4.78, 5) is 27.2. The van der Waals surface area contributed by atoms with Crippen molar-refractivity contribution < 1.29 is 9.72 Å². The Labute approximate surface area is 174 Å². The van der Waals surface area contributed by atoms with Gasteiger partial charge in [0.05, 0.1) is 16.2 Å². The zero-order chi connectivity index (χ0) is 20.7. The molecular formula is C18H13ClN6O3S. The lowest BCUT2D eigenvalue weighted by atomic mass is 10.1. The zero-order valence-corrected chi connectivity index (χ0v) is 16.6. The molecule has 1 aromatic carbocycles. The maximum absolute atomic E-state index is 12.5. The molecule has 11 heteroatoms. The third kappa shape index (κ3) is 3.36. The average molecular weight is 429 g/mol. The highest BCUT2D eigenvalue weighted by Crippen LogP contribution is 2.31. The third-order valence-corrected chi connectivity index (χ3v) is 5.65. The number of hydrazone groups is 1. The molecule has 2 aliphatic rings. The molecule has 0 fully saturated rings. The molecule has 0 radical (unpaired) electrons. The predicted octanol–water partition coefficient (Wildman–Crippen LogP) is 4.07. The molecule has 0 saturated carbocycles. The molecule has 0 spiro atoms. The molecule has 0 aliphatic carbocycles. The van der Waals surface area contributed by atoms with Crippen molar-refractivity contribution >= 4 is 57.1 Å². The Morgan fingerprint density at radius 3 is 2.90 bits per heavy atom. The lowest BCUT2D eigenvalue weighted by Gasteiger charge is -2.20. The van der Waals surface area contributed by atoms with Crippen molar-refractivity contribution in [3.63, 3.8) is 0 Å². The molecule has 2 aromatic rings. The summed E-state index contributed by atoms with van der Waals surface area (Å²) >= 11 is 7.16. The molecule has 0 unspecified atom stereocenters. The van der Waals surface area contributed by atoms with Crippen LogP contribution in [0.4, 0.5) is 5.69 Å². The van der Waals surface area contributed by atoms with E-state index in [0.717, 1.165) is 5.04 Å². The van der Waals surface area contributed by atoms with Crippen LogP contribution in [0.3, 0.4) is 0 Å². The summed E-state index contributed by atoms with van der Waals surface area (Å²) < 4.78 is 1.66. The minimum Gasteiger partial charge on any atom is -0.317 e. The molecule has 2 aliphatic heterocycles. The van der Waals surface area contributed by atoms with Crippen LogP contribution in [-0.2, 0) is 4.79 Å². The second-order valence-electron chi connectivity index (χ2n) is 6.06. The molecule has 146 valence electrons. The average Bonchev–Trinajstić information content (AvgIpc) is 3.32. The Morgan fingerprint density at radius 2 is 2.17 bits per heavy atom. The fraction of sp³-hybridized carbons (Fsp3) is 0.111. The number of halogens is 1. The van der Waals surface area contributed by atoms with Crippen molar-refractivity contribution in [3.8, 4) is 5.69 Å². The molecule has 1 amide bonds. The van der Waals surface area contributed by atoms with Crippen LogP contribution in [-0.4, -0.2) is 36.5 Å². The van der Waals surface area contributed by atoms with Crippen molar-refractivity contribution in [1.29, 1.82) is 5.41 Å². The number of carbonyl (C=O) groups excluding carboxylic acids is 1. The third-order valence-electron chi connectivity index (χ3n) is 4.28. The van der Waals surface area contributed by atoms with Gasteiger partial charge < -0.3 is 4.57 Å². The first-order chi connectivity index (χ1) is 13.9. The first-order valence-corrected chi connectivity index (χ1v) is 9.69. The van der Waals surface area contributed by atoms with E-state index in [2.05, 4.69) is 10.1 Å². The molecule has 4 rings (SSSR count). The highest BCUT2D eigenvalue weighted by atomic mass is 35.5. The largest absolute Gasteiger partial charge is 0.317 e. The fourth-order valence-electron chi connectivity index (χ4n) is 2.86. The number of fused-ring (bicyclic) bond motifs is 1. The van der Waals surface area contributed by atoms with Crippen LogP contribution in [0.5, 0.6) is 0 Å². The Kier molecular flexibility index (Phi) is 4.81. The smallest absolute Gasteiger partial charge is 0.289 e. The van der Waals surface area contributed by atoms with Gasteiger partial charge in [-0.05, 0) is 48.5 Å². The number of rotatable bonds is 4. The SMILES string of the molecule is CCC1=NN2C(=N)/C(=C/c3cccn3-c3ccc(Cl)c([N+](=O)[O-])c3)C(=O)N=C2S1. The number of thioether (sulfide) groups is 1. The number of aliphatic imine (C=N–C) groups is 1. The Balaban J connectivity index is 1.75. The van der Waals surface area contributed by atoms with Gasteiger partial charge in [-0.2, -0.15) is 15.1 Å². The minimum absolute atomic E-state index is 0.0352. The molecule has 1 aromatic heterocycles. The van der Waals surface area contributed by atoms with Gasteiger partial charge in [0, 0.05) is 18.0 Å². The van der Waals surface area contributed by atoms with Gasteiger partial charge in [-0.3, -0.25) is 20.3 Å². The second kappa shape index (κ2) is 7.30. The van der Waals surface area contributed by atoms with Gasteiger partial charge in [0.1, 0.15) is 10.1 Å². The van der Waals surface area contributed by atoms with Crippen molar-refractivity contribution in [2.75, 3.05) is 0 Å². The zero-order valence-electron chi connectivity index (χ0n) is 15.0. The highest BCUT2D eigenvalue weighted by molar-refractivity contribution is 8.26. The van der Waals surface area contributed by atoms with E-state index in [1.807, 2.05) is 6.92 Å². The van der Waals surface area contributed by atoms with Crippen LogP contribution in [0.2, 0.25) is 5.02 Å². The van der Waals surface area contributed by atoms with Crippen LogP contribution in [0.25, 0.3) is 11.8 Å². The molecule has 3 heterocycles. The fourth-order valence-corrected chi connectivity index (χ4v) is 3.87. The quantitative estimate of drug-likeness (QED) is 0.447. The number of carbonyl (C=O) groups is 1. The maximum atomic E-state index is 12.5. The number of nitro groups is 1. The van der Waals surface area contributed by atoms with E-state index >= 15 is 0 Å². The second-order valence-corrected chi connectivity index (χ2v) is 7.51. The van der Waals surface area contributed by atoms with Crippen molar-refractivity contribution in [3.05, 3.63) is 62.9 Å². The summed E-state index contributed by atoms with van der Waals surface area (Å²) in [6.07, 6.45) is 3.90. The maximum Gasteiger partial charge on any atom is 0.289 e. The Morgan fingerprint density at radius 1 is 1.38 bits per heavy atom. The number of nitrogens with zero attached hydrogens (tertiary/aromatic N) is 5. The summed E-state index contributed by atoms with van der Waals surface area (Å²) in [6.45, 7) is 1.94. The van der Waals surface area contributed by atoms with Gasteiger partial charge in [0.25, 0.3) is 11.6 Å². The topological polar surface area (TPSA) is 117 Å². The number of benzene rings is 1. The molecule has 0 atom stereocenters. The van der Waals surface area contributed by atoms with Crippen LogP contribution < -0.4 is 0 Å².